The average Bonchev–Trinajstić information content (AvgIpc) is 2.39. The molecular weight excluding hydrogens is 297 g/mol. The van der Waals surface area contributed by atoms with Gasteiger partial charge >= 0.3 is 0 Å². The van der Waals surface area contributed by atoms with Gasteiger partial charge in [0.2, 0.25) is 0 Å². The second-order valence-corrected chi connectivity index (χ2v) is 5.14. The number of halogens is 2. The predicted molar refractivity (Wildman–Crippen MR) is 83.0 cm³/mol. The highest BCUT2D eigenvalue weighted by atomic mass is 35.5. The van der Waals surface area contributed by atoms with E-state index in [-0.39, 0.29) is 0 Å². The normalized spacial score (nSPS) is 10.3. The van der Waals surface area contributed by atoms with Crippen LogP contribution < -0.4 is 15.2 Å². The van der Waals surface area contributed by atoms with Crippen LogP contribution in [0.25, 0.3) is 0 Å². The summed E-state index contributed by atoms with van der Waals surface area (Å²) in [5.41, 5.74) is 7.40. The van der Waals surface area contributed by atoms with Crippen molar-refractivity contribution >= 4 is 28.9 Å². The molecule has 2 aromatic rings. The number of nitrogens with two attached hydrogens (primary N) is 1. The Morgan fingerprint density at radius 3 is 2.25 bits per heavy atom. The fraction of sp³-hybridized carbons (Fsp3) is 0.200. The summed E-state index contributed by atoms with van der Waals surface area (Å²) in [4.78, 5) is 0. The first-order chi connectivity index (χ1) is 9.56. The van der Waals surface area contributed by atoms with Crippen molar-refractivity contribution in [2.75, 3.05) is 18.9 Å². The van der Waals surface area contributed by atoms with E-state index < -0.39 is 0 Å². The van der Waals surface area contributed by atoms with Crippen LogP contribution in [0.15, 0.2) is 36.4 Å². The van der Waals surface area contributed by atoms with E-state index in [0.29, 0.717) is 29.0 Å². The quantitative estimate of drug-likeness (QED) is 0.660. The minimum Gasteiger partial charge on any atom is -0.490 e. The first-order valence-electron chi connectivity index (χ1n) is 6.13. The van der Waals surface area contributed by atoms with Gasteiger partial charge in [-0.15, -0.1) is 0 Å². The number of benzene rings is 2. The second kappa shape index (κ2) is 6.73. The summed E-state index contributed by atoms with van der Waals surface area (Å²) in [6, 6.07) is 10.6. The smallest absolute Gasteiger partial charge is 0.138 e. The van der Waals surface area contributed by atoms with Crippen molar-refractivity contribution < 1.29 is 9.47 Å². The minimum absolute atomic E-state index is 0.394. The zero-order valence-corrected chi connectivity index (χ0v) is 12.5. The molecule has 2 N–H and O–H groups in total. The molecule has 106 valence electrons. The number of anilines is 1. The zero-order chi connectivity index (χ0) is 14.5. The van der Waals surface area contributed by atoms with Crippen LogP contribution in [0.4, 0.5) is 5.69 Å². The maximum atomic E-state index is 6.00. The van der Waals surface area contributed by atoms with Gasteiger partial charge in [0.1, 0.15) is 24.7 Å². The molecule has 0 aliphatic heterocycles. The lowest BCUT2D eigenvalue weighted by Crippen LogP contribution is -2.09. The van der Waals surface area contributed by atoms with E-state index in [9.17, 15) is 0 Å². The number of rotatable bonds is 5. The summed E-state index contributed by atoms with van der Waals surface area (Å²) in [5, 5.41) is 1.07. The summed E-state index contributed by atoms with van der Waals surface area (Å²) in [6.07, 6.45) is 0. The van der Waals surface area contributed by atoms with Gasteiger partial charge in [-0.25, -0.2) is 0 Å². The summed E-state index contributed by atoms with van der Waals surface area (Å²) in [6.45, 7) is 2.76. The SMILES string of the molecule is Cc1cc(N)ccc1OCCOc1ccc(Cl)cc1Cl. The molecule has 0 radical (unpaired) electrons. The van der Waals surface area contributed by atoms with Crippen molar-refractivity contribution in [3.05, 3.63) is 52.0 Å². The lowest BCUT2D eigenvalue weighted by Gasteiger charge is -2.11. The fourth-order valence-electron chi connectivity index (χ4n) is 1.73. The summed E-state index contributed by atoms with van der Waals surface area (Å²) in [5.74, 6) is 1.39. The first-order valence-corrected chi connectivity index (χ1v) is 6.88. The molecule has 3 nitrogen and oxygen atoms in total. The number of hydrogen-bond acceptors (Lipinski definition) is 3. The molecule has 0 unspecified atom stereocenters. The van der Waals surface area contributed by atoms with Gasteiger partial charge in [0.25, 0.3) is 0 Å². The molecule has 20 heavy (non-hydrogen) atoms. The van der Waals surface area contributed by atoms with Crippen molar-refractivity contribution in [2.24, 2.45) is 0 Å². The molecule has 0 heterocycles. The molecule has 0 spiro atoms. The van der Waals surface area contributed by atoms with Crippen LogP contribution in [-0.2, 0) is 0 Å². The Kier molecular flexibility index (Phi) is 4.99. The van der Waals surface area contributed by atoms with Crippen molar-refractivity contribution in [1.82, 2.24) is 0 Å². The first kappa shape index (κ1) is 14.8. The summed E-state index contributed by atoms with van der Waals surface area (Å²) >= 11 is 11.8. The molecule has 0 aromatic heterocycles. The Morgan fingerprint density at radius 1 is 0.950 bits per heavy atom. The number of ether oxygens (including phenoxy) is 2. The highest BCUT2D eigenvalue weighted by Crippen LogP contribution is 2.27. The number of nitrogen functional groups attached to an aromatic ring is 1. The Bertz CT molecular complexity index is 549. The zero-order valence-electron chi connectivity index (χ0n) is 11.0. The third-order valence-corrected chi connectivity index (χ3v) is 3.22. The Labute approximate surface area is 128 Å². The lowest BCUT2D eigenvalue weighted by molar-refractivity contribution is 0.216. The van der Waals surface area contributed by atoms with Gasteiger partial charge in [0.05, 0.1) is 5.02 Å². The molecule has 2 rings (SSSR count). The van der Waals surface area contributed by atoms with Crippen LogP contribution in [-0.4, -0.2) is 13.2 Å². The van der Waals surface area contributed by atoms with E-state index in [1.807, 2.05) is 19.1 Å². The molecule has 0 aliphatic carbocycles. The van der Waals surface area contributed by atoms with Crippen LogP contribution in [0.2, 0.25) is 10.0 Å². The predicted octanol–water partition coefficient (Wildman–Crippen LogP) is 4.34. The topological polar surface area (TPSA) is 44.5 Å². The third kappa shape index (κ3) is 3.95. The maximum Gasteiger partial charge on any atom is 0.138 e. The van der Waals surface area contributed by atoms with Gasteiger partial charge in [-0.3, -0.25) is 0 Å². The largest absolute Gasteiger partial charge is 0.490 e. The van der Waals surface area contributed by atoms with Crippen LogP contribution in [0.3, 0.4) is 0 Å². The molecule has 5 heteroatoms. The van der Waals surface area contributed by atoms with Gasteiger partial charge < -0.3 is 15.2 Å². The monoisotopic (exact) mass is 311 g/mol. The van der Waals surface area contributed by atoms with Crippen molar-refractivity contribution in [3.8, 4) is 11.5 Å². The van der Waals surface area contributed by atoms with Crippen LogP contribution in [0.1, 0.15) is 5.56 Å². The summed E-state index contributed by atoms with van der Waals surface area (Å²) in [7, 11) is 0. The molecule has 0 fully saturated rings. The lowest BCUT2D eigenvalue weighted by atomic mass is 10.2. The molecule has 0 aliphatic rings. The maximum absolute atomic E-state index is 6.00. The van der Waals surface area contributed by atoms with Gasteiger partial charge in [-0.1, -0.05) is 23.2 Å². The average molecular weight is 312 g/mol. The minimum atomic E-state index is 0.394. The summed E-state index contributed by atoms with van der Waals surface area (Å²) < 4.78 is 11.2. The number of hydrogen-bond donors (Lipinski definition) is 1. The van der Waals surface area contributed by atoms with Gasteiger partial charge in [0.15, 0.2) is 0 Å². The molecule has 0 atom stereocenters. The molecule has 0 saturated heterocycles. The Balaban J connectivity index is 1.84. The highest BCUT2D eigenvalue weighted by Gasteiger charge is 2.03. The van der Waals surface area contributed by atoms with Crippen LogP contribution >= 0.6 is 23.2 Å². The highest BCUT2D eigenvalue weighted by molar-refractivity contribution is 6.35. The van der Waals surface area contributed by atoms with Crippen molar-refractivity contribution in [1.29, 1.82) is 0 Å². The second-order valence-electron chi connectivity index (χ2n) is 4.30. The van der Waals surface area contributed by atoms with E-state index in [0.717, 1.165) is 17.0 Å². The number of aryl methyl sites for hydroxylation is 1. The molecule has 2 aromatic carbocycles. The van der Waals surface area contributed by atoms with E-state index in [1.165, 1.54) is 0 Å². The molecule has 0 amide bonds. The van der Waals surface area contributed by atoms with Gasteiger partial charge in [0, 0.05) is 10.7 Å². The Morgan fingerprint density at radius 2 is 1.60 bits per heavy atom. The van der Waals surface area contributed by atoms with Crippen LogP contribution in [0.5, 0.6) is 11.5 Å². The van der Waals surface area contributed by atoms with E-state index >= 15 is 0 Å². The van der Waals surface area contributed by atoms with E-state index in [2.05, 4.69) is 0 Å². The Hall–Kier alpha value is -1.58. The molecule has 0 saturated carbocycles. The van der Waals surface area contributed by atoms with E-state index in [4.69, 9.17) is 38.4 Å². The standard InChI is InChI=1S/C15H15Cl2NO2/c1-10-8-12(18)3-5-14(10)19-6-7-20-15-4-2-11(16)9-13(15)17/h2-5,8-9H,6-7,18H2,1H3. The fourth-order valence-corrected chi connectivity index (χ4v) is 2.19. The van der Waals surface area contributed by atoms with Gasteiger partial charge in [-0.05, 0) is 48.9 Å². The molecular formula is C15H15Cl2NO2. The van der Waals surface area contributed by atoms with E-state index in [1.54, 1.807) is 24.3 Å². The molecule has 0 bridgehead atoms. The van der Waals surface area contributed by atoms with Gasteiger partial charge in [-0.2, -0.15) is 0 Å². The van der Waals surface area contributed by atoms with Crippen molar-refractivity contribution in [3.63, 3.8) is 0 Å². The third-order valence-electron chi connectivity index (χ3n) is 2.69. The van der Waals surface area contributed by atoms with Crippen LogP contribution in [0, 0.1) is 6.92 Å². The van der Waals surface area contributed by atoms with Crippen molar-refractivity contribution in [2.45, 2.75) is 6.92 Å².